The molecule has 96 valence electrons. The lowest BCUT2D eigenvalue weighted by Gasteiger charge is -2.16. The number of benzene rings is 2. The van der Waals surface area contributed by atoms with Crippen LogP contribution in [0.1, 0.15) is 0 Å². The smallest absolute Gasteiger partial charge is 0.242 e. The van der Waals surface area contributed by atoms with Crippen LogP contribution in [0, 0.1) is 0 Å². The molecule has 0 heterocycles. The molecule has 0 saturated heterocycles. The van der Waals surface area contributed by atoms with Gasteiger partial charge < -0.3 is 5.11 Å². The molecule has 0 aliphatic carbocycles. The predicted octanol–water partition coefficient (Wildman–Crippen LogP) is 1.45. The largest absolute Gasteiger partial charge is 0.395 e. The summed E-state index contributed by atoms with van der Waals surface area (Å²) in [7, 11) is -2.06. The number of aliphatic hydroxyl groups excluding tert-OH is 1. The fraction of sp³-hybridized carbons (Fsp3) is 0.231. The standard InChI is InChI=1S/C13H15NO3S/c1-14(8-9-15)18(16,17)13-7-6-11-4-2-3-5-12(11)10-13/h2-7,10,15H,8-9H2,1H3. The normalized spacial score (nSPS) is 12.2. The van der Waals surface area contributed by atoms with Crippen molar-refractivity contribution in [2.24, 2.45) is 0 Å². The molecule has 0 saturated carbocycles. The molecule has 2 aromatic carbocycles. The Morgan fingerprint density at radius 3 is 2.44 bits per heavy atom. The van der Waals surface area contributed by atoms with Gasteiger partial charge in [0.25, 0.3) is 0 Å². The number of fused-ring (bicyclic) bond motifs is 1. The maximum Gasteiger partial charge on any atom is 0.242 e. The molecule has 0 amide bonds. The van der Waals surface area contributed by atoms with Gasteiger partial charge in [-0.15, -0.1) is 0 Å². The summed E-state index contributed by atoms with van der Waals surface area (Å²) in [6.07, 6.45) is 0. The van der Waals surface area contributed by atoms with E-state index in [1.165, 1.54) is 7.05 Å². The summed E-state index contributed by atoms with van der Waals surface area (Å²) >= 11 is 0. The van der Waals surface area contributed by atoms with Crippen LogP contribution >= 0.6 is 0 Å². The van der Waals surface area contributed by atoms with Crippen molar-refractivity contribution in [3.05, 3.63) is 42.5 Å². The Hall–Kier alpha value is -1.43. The Kier molecular flexibility index (Phi) is 3.65. The second-order valence-electron chi connectivity index (χ2n) is 4.06. The first-order chi connectivity index (χ1) is 8.55. The second-order valence-corrected chi connectivity index (χ2v) is 6.10. The SMILES string of the molecule is CN(CCO)S(=O)(=O)c1ccc2ccccc2c1. The summed E-state index contributed by atoms with van der Waals surface area (Å²) < 4.78 is 25.5. The summed E-state index contributed by atoms with van der Waals surface area (Å²) in [5.74, 6) is 0. The van der Waals surface area contributed by atoms with E-state index in [2.05, 4.69) is 0 Å². The van der Waals surface area contributed by atoms with Crippen molar-refractivity contribution in [2.75, 3.05) is 20.2 Å². The molecule has 0 unspecified atom stereocenters. The molecule has 0 aliphatic heterocycles. The van der Waals surface area contributed by atoms with Crippen molar-refractivity contribution in [2.45, 2.75) is 4.90 Å². The van der Waals surface area contributed by atoms with Gasteiger partial charge >= 0.3 is 0 Å². The summed E-state index contributed by atoms with van der Waals surface area (Å²) in [4.78, 5) is 0.247. The van der Waals surface area contributed by atoms with Crippen LogP contribution < -0.4 is 0 Å². The van der Waals surface area contributed by atoms with E-state index in [1.807, 2.05) is 24.3 Å². The Labute approximate surface area is 107 Å². The zero-order chi connectivity index (χ0) is 13.2. The van der Waals surface area contributed by atoms with Crippen molar-refractivity contribution < 1.29 is 13.5 Å². The molecule has 18 heavy (non-hydrogen) atoms. The summed E-state index contributed by atoms with van der Waals surface area (Å²) in [5, 5.41) is 10.7. The van der Waals surface area contributed by atoms with E-state index >= 15 is 0 Å². The fourth-order valence-electron chi connectivity index (χ4n) is 1.77. The molecule has 0 aromatic heterocycles. The first-order valence-electron chi connectivity index (χ1n) is 5.62. The fourth-order valence-corrected chi connectivity index (χ4v) is 2.97. The number of rotatable bonds is 4. The Morgan fingerprint density at radius 1 is 1.11 bits per heavy atom. The summed E-state index contributed by atoms with van der Waals surface area (Å²) in [5.41, 5.74) is 0. The highest BCUT2D eigenvalue weighted by Crippen LogP contribution is 2.20. The molecular weight excluding hydrogens is 250 g/mol. The van der Waals surface area contributed by atoms with Gasteiger partial charge in [-0.3, -0.25) is 0 Å². The summed E-state index contributed by atoms with van der Waals surface area (Å²) in [6.45, 7) is -0.0987. The van der Waals surface area contributed by atoms with Crippen molar-refractivity contribution in [3.63, 3.8) is 0 Å². The number of sulfonamides is 1. The van der Waals surface area contributed by atoms with Crippen LogP contribution in [0.4, 0.5) is 0 Å². The molecule has 1 N–H and O–H groups in total. The van der Waals surface area contributed by atoms with Crippen molar-refractivity contribution in [1.29, 1.82) is 0 Å². The molecule has 0 fully saturated rings. The van der Waals surface area contributed by atoms with Crippen molar-refractivity contribution >= 4 is 20.8 Å². The van der Waals surface area contributed by atoms with Crippen LogP contribution in [0.2, 0.25) is 0 Å². The van der Waals surface area contributed by atoms with Gasteiger partial charge in [0, 0.05) is 13.6 Å². The Bertz CT molecular complexity index is 652. The molecular formula is C13H15NO3S. The average Bonchev–Trinajstić information content (AvgIpc) is 2.38. The molecule has 0 bridgehead atoms. The zero-order valence-electron chi connectivity index (χ0n) is 10.1. The van der Waals surface area contributed by atoms with Crippen LogP contribution in [0.15, 0.2) is 47.4 Å². The van der Waals surface area contributed by atoms with Crippen LogP contribution in [-0.2, 0) is 10.0 Å². The Morgan fingerprint density at radius 2 is 1.78 bits per heavy atom. The van der Waals surface area contributed by atoms with Crippen LogP contribution in [-0.4, -0.2) is 38.0 Å². The molecule has 0 aliphatic rings. The third-order valence-electron chi connectivity index (χ3n) is 2.84. The van der Waals surface area contributed by atoms with Crippen molar-refractivity contribution in [3.8, 4) is 0 Å². The van der Waals surface area contributed by atoms with Gasteiger partial charge in [0.2, 0.25) is 10.0 Å². The van der Waals surface area contributed by atoms with Crippen LogP contribution in [0.5, 0.6) is 0 Å². The summed E-state index contributed by atoms with van der Waals surface area (Å²) in [6, 6.07) is 12.6. The molecule has 0 spiro atoms. The van der Waals surface area contributed by atoms with Gasteiger partial charge in [-0.2, -0.15) is 4.31 Å². The van der Waals surface area contributed by atoms with Gasteiger partial charge in [0.15, 0.2) is 0 Å². The first-order valence-corrected chi connectivity index (χ1v) is 7.06. The first kappa shape index (κ1) is 13.0. The van der Waals surface area contributed by atoms with E-state index in [-0.39, 0.29) is 18.0 Å². The monoisotopic (exact) mass is 265 g/mol. The predicted molar refractivity (Wildman–Crippen MR) is 70.8 cm³/mol. The number of hydrogen-bond acceptors (Lipinski definition) is 3. The van der Waals surface area contributed by atoms with Crippen molar-refractivity contribution in [1.82, 2.24) is 4.31 Å². The van der Waals surface area contributed by atoms with Crippen LogP contribution in [0.3, 0.4) is 0 Å². The van der Waals surface area contributed by atoms with Gasteiger partial charge in [0.05, 0.1) is 11.5 Å². The average molecular weight is 265 g/mol. The van der Waals surface area contributed by atoms with E-state index in [0.29, 0.717) is 0 Å². The number of likely N-dealkylation sites (N-methyl/N-ethyl adjacent to an activating group) is 1. The highest BCUT2D eigenvalue weighted by atomic mass is 32.2. The van der Waals surface area contributed by atoms with E-state index < -0.39 is 10.0 Å². The zero-order valence-corrected chi connectivity index (χ0v) is 10.9. The molecule has 0 radical (unpaired) electrons. The highest BCUT2D eigenvalue weighted by Gasteiger charge is 2.20. The highest BCUT2D eigenvalue weighted by molar-refractivity contribution is 7.89. The van der Waals surface area contributed by atoms with Gasteiger partial charge in [-0.1, -0.05) is 30.3 Å². The minimum Gasteiger partial charge on any atom is -0.395 e. The quantitative estimate of drug-likeness (QED) is 0.910. The lowest BCUT2D eigenvalue weighted by atomic mass is 10.1. The maximum absolute atomic E-state index is 12.2. The molecule has 4 nitrogen and oxygen atoms in total. The maximum atomic E-state index is 12.2. The van der Waals surface area contributed by atoms with E-state index in [1.54, 1.807) is 18.2 Å². The lowest BCUT2D eigenvalue weighted by Crippen LogP contribution is -2.29. The number of hydrogen-bond donors (Lipinski definition) is 1. The third-order valence-corrected chi connectivity index (χ3v) is 4.70. The van der Waals surface area contributed by atoms with E-state index in [9.17, 15) is 8.42 Å². The molecule has 5 heteroatoms. The minimum absolute atomic E-state index is 0.0924. The van der Waals surface area contributed by atoms with Crippen LogP contribution in [0.25, 0.3) is 10.8 Å². The molecule has 2 rings (SSSR count). The minimum atomic E-state index is -3.52. The number of aliphatic hydroxyl groups is 1. The van der Waals surface area contributed by atoms with E-state index in [4.69, 9.17) is 5.11 Å². The molecule has 0 atom stereocenters. The molecule has 2 aromatic rings. The lowest BCUT2D eigenvalue weighted by molar-refractivity contribution is 0.266. The third kappa shape index (κ3) is 2.38. The Balaban J connectivity index is 2.48. The van der Waals surface area contributed by atoms with Gasteiger partial charge in [-0.25, -0.2) is 8.42 Å². The topological polar surface area (TPSA) is 57.6 Å². The van der Waals surface area contributed by atoms with Gasteiger partial charge in [0.1, 0.15) is 0 Å². The second kappa shape index (κ2) is 5.06. The number of nitrogens with zero attached hydrogens (tertiary/aromatic N) is 1. The van der Waals surface area contributed by atoms with E-state index in [0.717, 1.165) is 15.1 Å². The van der Waals surface area contributed by atoms with Gasteiger partial charge in [-0.05, 0) is 22.9 Å².